The number of hydrogen-bond donors (Lipinski definition) is 5. The van der Waals surface area contributed by atoms with E-state index < -0.39 is 30.0 Å². The highest BCUT2D eigenvalue weighted by atomic mass is 16.5. The lowest BCUT2D eigenvalue weighted by atomic mass is 10.1. The van der Waals surface area contributed by atoms with E-state index in [4.69, 9.17) is 15.6 Å². The smallest absolute Gasteiger partial charge is 0.407 e. The van der Waals surface area contributed by atoms with E-state index >= 15 is 0 Å². The summed E-state index contributed by atoms with van der Waals surface area (Å²) in [5.41, 5.74) is 5.57. The van der Waals surface area contributed by atoms with Crippen molar-refractivity contribution in [1.29, 1.82) is 0 Å². The van der Waals surface area contributed by atoms with Crippen molar-refractivity contribution in [2.45, 2.75) is 25.2 Å². The zero-order chi connectivity index (χ0) is 19.8. The molecule has 1 heterocycles. The van der Waals surface area contributed by atoms with Crippen molar-refractivity contribution < 1.29 is 29.6 Å². The van der Waals surface area contributed by atoms with Crippen molar-refractivity contribution in [3.8, 4) is 0 Å². The van der Waals surface area contributed by atoms with Gasteiger partial charge in [0.15, 0.2) is 11.5 Å². The van der Waals surface area contributed by atoms with Crippen LogP contribution in [0, 0.1) is 0 Å². The Bertz CT molecular complexity index is 786. The van der Waals surface area contributed by atoms with Crippen LogP contribution in [0.15, 0.2) is 36.5 Å². The van der Waals surface area contributed by atoms with Crippen molar-refractivity contribution in [2.24, 2.45) is 0 Å². The van der Waals surface area contributed by atoms with Crippen molar-refractivity contribution in [1.82, 2.24) is 15.3 Å². The van der Waals surface area contributed by atoms with Gasteiger partial charge in [0.1, 0.15) is 12.7 Å². The molecule has 1 aromatic carbocycles. The van der Waals surface area contributed by atoms with Crippen LogP contribution in [-0.4, -0.2) is 50.0 Å². The van der Waals surface area contributed by atoms with E-state index in [1.165, 1.54) is 0 Å². The second-order valence-electron chi connectivity index (χ2n) is 5.62. The zero-order valence-corrected chi connectivity index (χ0v) is 14.3. The Morgan fingerprint density at radius 3 is 2.59 bits per heavy atom. The Balaban J connectivity index is 1.79. The van der Waals surface area contributed by atoms with Gasteiger partial charge in [-0.05, 0) is 12.0 Å². The van der Waals surface area contributed by atoms with E-state index in [0.717, 1.165) is 11.8 Å². The van der Waals surface area contributed by atoms with Crippen molar-refractivity contribution >= 4 is 17.9 Å². The summed E-state index contributed by atoms with van der Waals surface area (Å²) in [6, 6.07) is 9.12. The summed E-state index contributed by atoms with van der Waals surface area (Å²) in [4.78, 5) is 29.9. The number of carboxylic acids is 1. The number of carbonyl (C=O) groups is 2. The lowest BCUT2D eigenvalue weighted by molar-refractivity contribution is 0.0107. The van der Waals surface area contributed by atoms with Gasteiger partial charge in [-0.3, -0.25) is 0 Å². The predicted octanol–water partition coefficient (Wildman–Crippen LogP) is 0.468. The summed E-state index contributed by atoms with van der Waals surface area (Å²) in [5, 5.41) is 31.5. The summed E-state index contributed by atoms with van der Waals surface area (Å²) in [7, 11) is 0. The number of nitrogens with one attached hydrogen (secondary N) is 1. The minimum absolute atomic E-state index is 0.0178. The number of carbonyl (C=O) groups excluding carboxylic acids is 1. The fraction of sp³-hybridized carbons (Fsp3) is 0.294. The number of aliphatic hydroxyl groups excluding tert-OH is 2. The molecule has 10 nitrogen and oxygen atoms in total. The van der Waals surface area contributed by atoms with Crippen LogP contribution in [0.1, 0.15) is 34.3 Å². The fourth-order valence-electron chi connectivity index (χ4n) is 2.16. The van der Waals surface area contributed by atoms with Gasteiger partial charge in [0, 0.05) is 6.54 Å². The number of rotatable bonds is 8. The number of hydrogen-bond acceptors (Lipinski definition) is 8. The second-order valence-corrected chi connectivity index (χ2v) is 5.62. The Hall–Kier alpha value is -3.24. The van der Waals surface area contributed by atoms with Gasteiger partial charge >= 0.3 is 12.1 Å². The molecule has 0 saturated carbocycles. The first-order chi connectivity index (χ1) is 12.9. The molecule has 27 heavy (non-hydrogen) atoms. The molecular formula is C17H20N4O6. The molecule has 0 bridgehead atoms. The molecule has 2 atom stereocenters. The number of nitrogen functional groups attached to an aromatic ring is 1. The number of benzene rings is 1. The highest BCUT2D eigenvalue weighted by Crippen LogP contribution is 2.18. The number of aromatic nitrogens is 2. The molecular weight excluding hydrogens is 356 g/mol. The summed E-state index contributed by atoms with van der Waals surface area (Å²) in [6.07, 6.45) is -2.40. The Kier molecular flexibility index (Phi) is 7.03. The third kappa shape index (κ3) is 5.90. The summed E-state index contributed by atoms with van der Waals surface area (Å²) >= 11 is 0. The minimum Gasteiger partial charge on any atom is -0.476 e. The average molecular weight is 376 g/mol. The largest absolute Gasteiger partial charge is 0.476 e. The maximum absolute atomic E-state index is 11.6. The van der Waals surface area contributed by atoms with E-state index in [0.29, 0.717) is 0 Å². The SMILES string of the molecule is Nc1ncc(C(O)C(O)CCNC(=O)OCc2ccccc2)nc1C(=O)O. The van der Waals surface area contributed by atoms with Crippen LogP contribution in [0.5, 0.6) is 0 Å². The van der Waals surface area contributed by atoms with E-state index in [2.05, 4.69) is 15.3 Å². The van der Waals surface area contributed by atoms with E-state index in [1.54, 1.807) is 0 Å². The van der Waals surface area contributed by atoms with Crippen LogP contribution >= 0.6 is 0 Å². The summed E-state index contributed by atoms with van der Waals surface area (Å²) in [6.45, 7) is 0.136. The molecule has 1 amide bonds. The third-order valence-electron chi connectivity index (χ3n) is 3.61. The molecule has 0 spiro atoms. The third-order valence-corrected chi connectivity index (χ3v) is 3.61. The molecule has 0 radical (unpaired) electrons. The highest BCUT2D eigenvalue weighted by Gasteiger charge is 2.23. The number of alkyl carbamates (subject to hydrolysis) is 1. The normalized spacial score (nSPS) is 12.8. The van der Waals surface area contributed by atoms with Gasteiger partial charge in [-0.25, -0.2) is 19.6 Å². The van der Waals surface area contributed by atoms with Crippen LogP contribution < -0.4 is 11.1 Å². The minimum atomic E-state index is -1.49. The van der Waals surface area contributed by atoms with Crippen molar-refractivity contribution in [3.05, 3.63) is 53.5 Å². The first-order valence-corrected chi connectivity index (χ1v) is 8.05. The topological polar surface area (TPSA) is 168 Å². The number of amides is 1. The highest BCUT2D eigenvalue weighted by molar-refractivity contribution is 5.90. The van der Waals surface area contributed by atoms with Gasteiger partial charge in [0.2, 0.25) is 0 Å². The lowest BCUT2D eigenvalue weighted by Crippen LogP contribution is -2.30. The molecule has 0 aliphatic heterocycles. The molecule has 0 aliphatic rings. The molecule has 1 aromatic heterocycles. The van der Waals surface area contributed by atoms with Crippen molar-refractivity contribution in [3.63, 3.8) is 0 Å². The maximum Gasteiger partial charge on any atom is 0.407 e. The van der Waals surface area contributed by atoms with Crippen LogP contribution in [0.3, 0.4) is 0 Å². The molecule has 0 fully saturated rings. The summed E-state index contributed by atoms with van der Waals surface area (Å²) < 4.78 is 5.01. The zero-order valence-electron chi connectivity index (χ0n) is 14.3. The second kappa shape index (κ2) is 9.46. The predicted molar refractivity (Wildman–Crippen MR) is 93.6 cm³/mol. The molecule has 2 aromatic rings. The first-order valence-electron chi connectivity index (χ1n) is 8.05. The monoisotopic (exact) mass is 376 g/mol. The van der Waals surface area contributed by atoms with Crippen LogP contribution in [0.2, 0.25) is 0 Å². The van der Waals surface area contributed by atoms with E-state index in [-0.39, 0.29) is 31.1 Å². The number of ether oxygens (including phenoxy) is 1. The number of aliphatic hydroxyl groups is 2. The van der Waals surface area contributed by atoms with Gasteiger partial charge in [0.05, 0.1) is 18.0 Å². The van der Waals surface area contributed by atoms with Gasteiger partial charge < -0.3 is 31.1 Å². The average Bonchev–Trinajstić information content (AvgIpc) is 2.66. The Labute approximate surface area is 154 Å². The number of carboxylic acid groups (broad SMARTS) is 1. The molecule has 10 heteroatoms. The number of nitrogens with zero attached hydrogens (tertiary/aromatic N) is 2. The molecule has 0 aliphatic carbocycles. The summed E-state index contributed by atoms with van der Waals surface area (Å²) in [5.74, 6) is -1.69. The van der Waals surface area contributed by atoms with Gasteiger partial charge in [-0.1, -0.05) is 30.3 Å². The lowest BCUT2D eigenvalue weighted by Gasteiger charge is -2.17. The maximum atomic E-state index is 11.6. The quantitative estimate of drug-likeness (QED) is 0.439. The molecule has 6 N–H and O–H groups in total. The Morgan fingerprint density at radius 2 is 1.93 bits per heavy atom. The number of aromatic carboxylic acids is 1. The van der Waals surface area contributed by atoms with Gasteiger partial charge in [-0.15, -0.1) is 0 Å². The Morgan fingerprint density at radius 1 is 1.22 bits per heavy atom. The van der Waals surface area contributed by atoms with Crippen LogP contribution in [0.25, 0.3) is 0 Å². The number of nitrogens with two attached hydrogens (primary N) is 1. The van der Waals surface area contributed by atoms with E-state index in [9.17, 15) is 19.8 Å². The first kappa shape index (κ1) is 20.1. The molecule has 0 saturated heterocycles. The molecule has 2 rings (SSSR count). The van der Waals surface area contributed by atoms with E-state index in [1.807, 2.05) is 30.3 Å². The fourth-order valence-corrected chi connectivity index (χ4v) is 2.16. The standard InChI is InChI=1S/C17H20N4O6/c18-15-13(16(24)25)21-11(8-20-15)14(23)12(22)6-7-19-17(26)27-9-10-4-2-1-3-5-10/h1-5,8,12,14,22-23H,6-7,9H2,(H2,18,20)(H,19,26)(H,24,25). The van der Waals surface area contributed by atoms with Crippen molar-refractivity contribution in [2.75, 3.05) is 12.3 Å². The number of anilines is 1. The van der Waals surface area contributed by atoms with Crippen LogP contribution in [-0.2, 0) is 11.3 Å². The van der Waals surface area contributed by atoms with Gasteiger partial charge in [0.25, 0.3) is 0 Å². The molecule has 2 unspecified atom stereocenters. The van der Waals surface area contributed by atoms with Crippen LogP contribution in [0.4, 0.5) is 10.6 Å². The van der Waals surface area contributed by atoms with Gasteiger partial charge in [-0.2, -0.15) is 0 Å². The molecule has 144 valence electrons.